The van der Waals surface area contributed by atoms with E-state index in [1.807, 2.05) is 31.2 Å². The molecule has 0 bridgehead atoms. The molecular weight excluding hydrogens is 210 g/mol. The second-order valence-electron chi connectivity index (χ2n) is 2.91. The number of aliphatic hydroxyl groups excluding tert-OH is 1. The molecule has 0 aliphatic rings. The minimum absolute atomic E-state index is 0.0664. The molecule has 2 N–H and O–H groups in total. The summed E-state index contributed by atoms with van der Waals surface area (Å²) in [4.78, 5) is 0.605. The number of rotatable bonds is 5. The quantitative estimate of drug-likeness (QED) is 0.742. The summed E-state index contributed by atoms with van der Waals surface area (Å²) in [5, 5.41) is 11.6. The molecule has 0 saturated carbocycles. The lowest BCUT2D eigenvalue weighted by molar-refractivity contribution is 0.300. The van der Waals surface area contributed by atoms with Crippen molar-refractivity contribution in [3.63, 3.8) is 0 Å². The van der Waals surface area contributed by atoms with E-state index in [9.17, 15) is 0 Å². The zero-order valence-electron chi connectivity index (χ0n) is 8.69. The first-order valence-electron chi connectivity index (χ1n) is 4.90. The average Bonchev–Trinajstić information content (AvgIpc) is 2.27. The Bertz CT molecular complexity index is 328. The van der Waals surface area contributed by atoms with Crippen LogP contribution in [0.1, 0.15) is 12.5 Å². The fourth-order valence-corrected chi connectivity index (χ4v) is 1.47. The van der Waals surface area contributed by atoms with Crippen LogP contribution in [0.2, 0.25) is 0 Å². The Morgan fingerprint density at radius 2 is 2.20 bits per heavy atom. The molecule has 1 aromatic carbocycles. The van der Waals surface area contributed by atoms with Gasteiger partial charge in [-0.25, -0.2) is 0 Å². The normalized spacial score (nSPS) is 9.73. The van der Waals surface area contributed by atoms with Crippen molar-refractivity contribution in [1.82, 2.24) is 5.32 Å². The third-order valence-electron chi connectivity index (χ3n) is 1.83. The molecule has 1 aromatic rings. The Kier molecular flexibility index (Phi) is 5.07. The van der Waals surface area contributed by atoms with Gasteiger partial charge in [0.1, 0.15) is 10.7 Å². The van der Waals surface area contributed by atoms with Crippen molar-refractivity contribution in [1.29, 1.82) is 0 Å². The number of para-hydroxylation sites is 1. The summed E-state index contributed by atoms with van der Waals surface area (Å²) in [5.41, 5.74) is 0.864. The van der Waals surface area contributed by atoms with Crippen LogP contribution in [-0.4, -0.2) is 29.9 Å². The molecule has 3 nitrogen and oxygen atoms in total. The van der Waals surface area contributed by atoms with E-state index in [2.05, 4.69) is 5.32 Å². The second kappa shape index (κ2) is 6.37. The smallest absolute Gasteiger partial charge is 0.129 e. The number of ether oxygens (including phenoxy) is 1. The lowest BCUT2D eigenvalue weighted by Crippen LogP contribution is -2.25. The Labute approximate surface area is 95.1 Å². The van der Waals surface area contributed by atoms with Gasteiger partial charge in [-0.1, -0.05) is 24.4 Å². The topological polar surface area (TPSA) is 41.5 Å². The number of hydrogen-bond acceptors (Lipinski definition) is 3. The van der Waals surface area contributed by atoms with Gasteiger partial charge in [0.25, 0.3) is 0 Å². The number of nitrogens with one attached hydrogen (secondary N) is 1. The maximum absolute atomic E-state index is 8.68. The molecule has 1 rings (SSSR count). The van der Waals surface area contributed by atoms with E-state index in [-0.39, 0.29) is 6.61 Å². The highest BCUT2D eigenvalue weighted by atomic mass is 32.1. The lowest BCUT2D eigenvalue weighted by atomic mass is 10.2. The molecule has 4 heteroatoms. The monoisotopic (exact) mass is 225 g/mol. The fourth-order valence-electron chi connectivity index (χ4n) is 1.20. The standard InChI is InChI=1S/C11H15NO2S/c1-2-14-10-6-4-3-5-9(10)11(15)12-7-8-13/h3-6,13H,2,7-8H2,1H3,(H,12,15). The minimum atomic E-state index is 0.0664. The summed E-state index contributed by atoms with van der Waals surface area (Å²) in [6.45, 7) is 3.07. The molecule has 0 unspecified atom stereocenters. The van der Waals surface area contributed by atoms with Crippen LogP contribution < -0.4 is 10.1 Å². The van der Waals surface area contributed by atoms with Gasteiger partial charge in [-0.05, 0) is 19.1 Å². The Morgan fingerprint density at radius 3 is 2.87 bits per heavy atom. The van der Waals surface area contributed by atoms with Crippen molar-refractivity contribution >= 4 is 17.2 Å². The Balaban J connectivity index is 2.77. The maximum Gasteiger partial charge on any atom is 0.129 e. The highest BCUT2D eigenvalue weighted by Crippen LogP contribution is 2.17. The van der Waals surface area contributed by atoms with Gasteiger partial charge < -0.3 is 15.2 Å². The molecule has 82 valence electrons. The van der Waals surface area contributed by atoms with Crippen molar-refractivity contribution in [3.05, 3.63) is 29.8 Å². The summed E-state index contributed by atoms with van der Waals surface area (Å²) >= 11 is 5.19. The van der Waals surface area contributed by atoms with E-state index < -0.39 is 0 Å². The van der Waals surface area contributed by atoms with E-state index in [4.69, 9.17) is 22.1 Å². The predicted molar refractivity (Wildman–Crippen MR) is 64.4 cm³/mol. The zero-order valence-corrected chi connectivity index (χ0v) is 9.51. The van der Waals surface area contributed by atoms with Gasteiger partial charge in [0.15, 0.2) is 0 Å². The molecule has 0 amide bonds. The van der Waals surface area contributed by atoms with Crippen LogP contribution in [0.25, 0.3) is 0 Å². The number of hydrogen-bond donors (Lipinski definition) is 2. The van der Waals surface area contributed by atoms with Crippen molar-refractivity contribution in [2.75, 3.05) is 19.8 Å². The molecule has 0 fully saturated rings. The summed E-state index contributed by atoms with van der Waals surface area (Å²) in [6, 6.07) is 7.59. The molecule has 0 saturated heterocycles. The summed E-state index contributed by atoms with van der Waals surface area (Å²) in [6.07, 6.45) is 0. The lowest BCUT2D eigenvalue weighted by Gasteiger charge is -2.11. The van der Waals surface area contributed by atoms with Gasteiger partial charge in [0, 0.05) is 6.54 Å². The van der Waals surface area contributed by atoms with Crippen LogP contribution in [0.15, 0.2) is 24.3 Å². The third kappa shape index (κ3) is 3.49. The maximum atomic E-state index is 8.68. The molecule has 0 radical (unpaired) electrons. The average molecular weight is 225 g/mol. The van der Waals surface area contributed by atoms with E-state index in [0.29, 0.717) is 18.1 Å². The molecule has 0 aliphatic heterocycles. The van der Waals surface area contributed by atoms with Crippen LogP contribution >= 0.6 is 12.2 Å². The Hall–Kier alpha value is -1.13. The molecule has 15 heavy (non-hydrogen) atoms. The van der Waals surface area contributed by atoms with Gasteiger partial charge in [-0.2, -0.15) is 0 Å². The molecular formula is C11H15NO2S. The van der Waals surface area contributed by atoms with E-state index in [1.54, 1.807) is 0 Å². The van der Waals surface area contributed by atoms with E-state index in [1.165, 1.54) is 0 Å². The van der Waals surface area contributed by atoms with Gasteiger partial charge in [0.2, 0.25) is 0 Å². The molecule has 0 spiro atoms. The summed E-state index contributed by atoms with van der Waals surface area (Å²) in [7, 11) is 0. The van der Waals surface area contributed by atoms with Gasteiger partial charge in [-0.15, -0.1) is 0 Å². The van der Waals surface area contributed by atoms with Gasteiger partial charge >= 0.3 is 0 Å². The first-order chi connectivity index (χ1) is 7.29. The number of aliphatic hydroxyl groups is 1. The fraction of sp³-hybridized carbons (Fsp3) is 0.364. The van der Waals surface area contributed by atoms with Crippen LogP contribution in [0.4, 0.5) is 0 Å². The summed E-state index contributed by atoms with van der Waals surface area (Å²) in [5.74, 6) is 0.774. The van der Waals surface area contributed by atoms with Gasteiger partial charge in [0.05, 0.1) is 18.8 Å². The second-order valence-corrected chi connectivity index (χ2v) is 3.32. The van der Waals surface area contributed by atoms with Crippen molar-refractivity contribution in [2.45, 2.75) is 6.92 Å². The highest BCUT2D eigenvalue weighted by molar-refractivity contribution is 7.80. The van der Waals surface area contributed by atoms with Crippen molar-refractivity contribution < 1.29 is 9.84 Å². The SMILES string of the molecule is CCOc1ccccc1C(=S)NCCO. The molecule has 0 aliphatic carbocycles. The van der Waals surface area contributed by atoms with E-state index in [0.717, 1.165) is 11.3 Å². The predicted octanol–water partition coefficient (Wildman–Crippen LogP) is 1.34. The van der Waals surface area contributed by atoms with Crippen LogP contribution in [0.5, 0.6) is 5.75 Å². The first kappa shape index (κ1) is 11.9. The van der Waals surface area contributed by atoms with Crippen LogP contribution in [0.3, 0.4) is 0 Å². The van der Waals surface area contributed by atoms with Crippen molar-refractivity contribution in [3.8, 4) is 5.75 Å². The third-order valence-corrected chi connectivity index (χ3v) is 2.19. The number of thiocarbonyl (C=S) groups is 1. The minimum Gasteiger partial charge on any atom is -0.493 e. The first-order valence-corrected chi connectivity index (χ1v) is 5.31. The van der Waals surface area contributed by atoms with Crippen LogP contribution in [0, 0.1) is 0 Å². The van der Waals surface area contributed by atoms with Crippen molar-refractivity contribution in [2.24, 2.45) is 0 Å². The highest BCUT2D eigenvalue weighted by Gasteiger charge is 2.06. The Morgan fingerprint density at radius 1 is 1.47 bits per heavy atom. The summed E-state index contributed by atoms with van der Waals surface area (Å²) < 4.78 is 5.45. The molecule has 0 atom stereocenters. The zero-order chi connectivity index (χ0) is 11.1. The van der Waals surface area contributed by atoms with Crippen LogP contribution in [-0.2, 0) is 0 Å². The molecule has 0 aromatic heterocycles. The molecule has 0 heterocycles. The van der Waals surface area contributed by atoms with Gasteiger partial charge in [-0.3, -0.25) is 0 Å². The largest absolute Gasteiger partial charge is 0.493 e. The number of benzene rings is 1. The van der Waals surface area contributed by atoms with E-state index >= 15 is 0 Å².